The Balaban J connectivity index is 1.67. The molecule has 2 amide bonds. The fourth-order valence-corrected chi connectivity index (χ4v) is 4.49. The van der Waals surface area contributed by atoms with Gasteiger partial charge in [-0.05, 0) is 36.6 Å². The first-order chi connectivity index (χ1) is 11.6. The molecule has 3 rings (SSSR count). The lowest BCUT2D eigenvalue weighted by molar-refractivity contribution is -0.133. The van der Waals surface area contributed by atoms with E-state index in [1.165, 1.54) is 11.8 Å². The van der Waals surface area contributed by atoms with Gasteiger partial charge in [-0.2, -0.15) is 0 Å². The van der Waals surface area contributed by atoms with Crippen molar-refractivity contribution in [1.29, 1.82) is 0 Å². The first-order valence-electron chi connectivity index (χ1n) is 7.64. The van der Waals surface area contributed by atoms with E-state index in [2.05, 4.69) is 5.32 Å². The molecular weight excluding hydrogens is 364 g/mol. The largest absolute Gasteiger partial charge is 0.338 e. The number of amides is 2. The van der Waals surface area contributed by atoms with E-state index in [0.29, 0.717) is 23.8 Å². The molecule has 1 aromatic carbocycles. The van der Waals surface area contributed by atoms with E-state index in [9.17, 15) is 9.59 Å². The maximum atomic E-state index is 12.6. The van der Waals surface area contributed by atoms with Crippen LogP contribution >= 0.6 is 34.7 Å². The number of nitrogens with zero attached hydrogens (tertiary/aromatic N) is 1. The molecule has 0 aliphatic carbocycles. The Labute approximate surface area is 154 Å². The fraction of sp³-hybridized carbons (Fsp3) is 0.294. The molecule has 0 spiro atoms. The number of carbonyl (C=O) groups excluding carboxylic acids is 2. The summed E-state index contributed by atoms with van der Waals surface area (Å²) in [5.74, 6) is -0.147. The van der Waals surface area contributed by atoms with Crippen LogP contribution in [0.25, 0.3) is 0 Å². The average molecular weight is 381 g/mol. The second-order valence-electron chi connectivity index (χ2n) is 5.43. The van der Waals surface area contributed by atoms with Gasteiger partial charge in [-0.15, -0.1) is 23.1 Å². The highest BCUT2D eigenvalue weighted by atomic mass is 35.5. The number of carbonyl (C=O) groups is 2. The van der Waals surface area contributed by atoms with Gasteiger partial charge in [0.15, 0.2) is 0 Å². The van der Waals surface area contributed by atoms with E-state index in [1.807, 2.05) is 30.5 Å². The van der Waals surface area contributed by atoms with Crippen molar-refractivity contribution in [2.75, 3.05) is 11.9 Å². The van der Waals surface area contributed by atoms with Gasteiger partial charge in [0.2, 0.25) is 11.8 Å². The highest BCUT2D eigenvalue weighted by Crippen LogP contribution is 2.38. The topological polar surface area (TPSA) is 49.4 Å². The van der Waals surface area contributed by atoms with Crippen LogP contribution in [0, 0.1) is 0 Å². The Morgan fingerprint density at radius 3 is 2.92 bits per heavy atom. The third kappa shape index (κ3) is 3.94. The van der Waals surface area contributed by atoms with Crippen molar-refractivity contribution >= 4 is 52.2 Å². The van der Waals surface area contributed by atoms with Crippen molar-refractivity contribution < 1.29 is 9.59 Å². The fourth-order valence-electron chi connectivity index (χ4n) is 2.51. The van der Waals surface area contributed by atoms with Crippen molar-refractivity contribution in [3.63, 3.8) is 0 Å². The first kappa shape index (κ1) is 17.3. The maximum Gasteiger partial charge on any atom is 0.238 e. The maximum absolute atomic E-state index is 12.6. The summed E-state index contributed by atoms with van der Waals surface area (Å²) in [5.41, 5.74) is 0.715. The minimum Gasteiger partial charge on any atom is -0.338 e. The van der Waals surface area contributed by atoms with Crippen molar-refractivity contribution in [1.82, 2.24) is 4.90 Å². The van der Waals surface area contributed by atoms with Gasteiger partial charge in [0.05, 0.1) is 17.5 Å². The number of rotatable bonds is 5. The predicted octanol–water partition coefficient (Wildman–Crippen LogP) is 4.25. The van der Waals surface area contributed by atoms with Crippen LogP contribution in [0.15, 0.2) is 40.6 Å². The van der Waals surface area contributed by atoms with Crippen LogP contribution in [0.4, 0.5) is 5.69 Å². The predicted molar refractivity (Wildman–Crippen MR) is 99.8 cm³/mol. The van der Waals surface area contributed by atoms with Crippen LogP contribution in [-0.2, 0) is 16.1 Å². The lowest BCUT2D eigenvalue weighted by Gasteiger charge is -2.26. The summed E-state index contributed by atoms with van der Waals surface area (Å²) in [7, 11) is 0. The molecule has 0 fully saturated rings. The van der Waals surface area contributed by atoms with Gasteiger partial charge in [-0.1, -0.05) is 17.7 Å². The third-order valence-corrected chi connectivity index (χ3v) is 6.15. The van der Waals surface area contributed by atoms with Gasteiger partial charge in [-0.3, -0.25) is 9.59 Å². The van der Waals surface area contributed by atoms with Gasteiger partial charge < -0.3 is 10.2 Å². The second kappa shape index (κ2) is 7.59. The van der Waals surface area contributed by atoms with E-state index < -0.39 is 5.25 Å². The molecule has 2 heterocycles. The molecule has 0 saturated heterocycles. The zero-order valence-corrected chi connectivity index (χ0v) is 15.5. The molecule has 1 aliphatic heterocycles. The SMILES string of the molecule is CCN(Cc1cccs1)C(=O)CC1Sc2ccc(Cl)cc2NC1=O. The summed E-state index contributed by atoms with van der Waals surface area (Å²) >= 11 is 9.01. The van der Waals surface area contributed by atoms with E-state index in [1.54, 1.807) is 28.4 Å². The normalized spacial score (nSPS) is 16.4. The Hall–Kier alpha value is -1.50. The molecule has 7 heteroatoms. The van der Waals surface area contributed by atoms with Crippen LogP contribution in [0.5, 0.6) is 0 Å². The molecule has 0 bridgehead atoms. The number of thiophene rings is 1. The monoisotopic (exact) mass is 380 g/mol. The first-order valence-corrected chi connectivity index (χ1v) is 9.77. The quantitative estimate of drug-likeness (QED) is 0.843. The highest BCUT2D eigenvalue weighted by molar-refractivity contribution is 8.01. The van der Waals surface area contributed by atoms with E-state index in [0.717, 1.165) is 9.77 Å². The Bertz CT molecular complexity index is 749. The number of hydrogen-bond acceptors (Lipinski definition) is 4. The van der Waals surface area contributed by atoms with Crippen LogP contribution < -0.4 is 5.32 Å². The molecule has 2 aromatic rings. The molecule has 24 heavy (non-hydrogen) atoms. The second-order valence-corrected chi connectivity index (χ2v) is 8.14. The number of nitrogens with one attached hydrogen (secondary N) is 1. The zero-order chi connectivity index (χ0) is 17.1. The van der Waals surface area contributed by atoms with E-state index in [4.69, 9.17) is 11.6 Å². The summed E-state index contributed by atoms with van der Waals surface area (Å²) in [5, 5.41) is 5.01. The average Bonchev–Trinajstić information content (AvgIpc) is 3.06. The molecular formula is C17H17ClN2O2S2. The lowest BCUT2D eigenvalue weighted by Crippen LogP contribution is -2.37. The summed E-state index contributed by atoms with van der Waals surface area (Å²) in [4.78, 5) is 28.8. The van der Waals surface area contributed by atoms with Crippen molar-refractivity contribution in [2.24, 2.45) is 0 Å². The van der Waals surface area contributed by atoms with E-state index in [-0.39, 0.29) is 18.2 Å². The Kier molecular flexibility index (Phi) is 5.48. The molecule has 126 valence electrons. The number of fused-ring (bicyclic) bond motifs is 1. The minimum absolute atomic E-state index is 0.00374. The molecule has 1 unspecified atom stereocenters. The van der Waals surface area contributed by atoms with Gasteiger partial charge in [-0.25, -0.2) is 0 Å². The van der Waals surface area contributed by atoms with Gasteiger partial charge in [0.1, 0.15) is 0 Å². The lowest BCUT2D eigenvalue weighted by atomic mass is 10.2. The molecule has 1 atom stereocenters. The molecule has 0 saturated carbocycles. The summed E-state index contributed by atoms with van der Waals surface area (Å²) in [6.07, 6.45) is 0.192. The van der Waals surface area contributed by atoms with Crippen LogP contribution in [-0.4, -0.2) is 28.5 Å². The van der Waals surface area contributed by atoms with Crippen molar-refractivity contribution in [2.45, 2.75) is 30.0 Å². The smallest absolute Gasteiger partial charge is 0.238 e. The Morgan fingerprint density at radius 2 is 2.21 bits per heavy atom. The molecule has 1 N–H and O–H groups in total. The number of anilines is 1. The summed E-state index contributed by atoms with van der Waals surface area (Å²) in [6, 6.07) is 9.39. The Morgan fingerprint density at radius 1 is 1.38 bits per heavy atom. The van der Waals surface area contributed by atoms with Crippen molar-refractivity contribution in [3.05, 3.63) is 45.6 Å². The third-order valence-electron chi connectivity index (χ3n) is 3.78. The van der Waals surface area contributed by atoms with Crippen LogP contribution in [0.3, 0.4) is 0 Å². The summed E-state index contributed by atoms with van der Waals surface area (Å²) < 4.78 is 0. The van der Waals surface area contributed by atoms with Gasteiger partial charge >= 0.3 is 0 Å². The van der Waals surface area contributed by atoms with E-state index >= 15 is 0 Å². The minimum atomic E-state index is -0.413. The summed E-state index contributed by atoms with van der Waals surface area (Å²) in [6.45, 7) is 3.18. The van der Waals surface area contributed by atoms with Gasteiger partial charge in [0.25, 0.3) is 0 Å². The zero-order valence-electron chi connectivity index (χ0n) is 13.1. The van der Waals surface area contributed by atoms with Crippen molar-refractivity contribution in [3.8, 4) is 0 Å². The molecule has 4 nitrogen and oxygen atoms in total. The standard InChI is InChI=1S/C17H17ClN2O2S2/c1-2-20(10-12-4-3-7-23-12)16(21)9-15-17(22)19-13-8-11(18)5-6-14(13)24-15/h3-8,15H,2,9-10H2,1H3,(H,19,22). The number of halogens is 1. The molecule has 0 radical (unpaired) electrons. The molecule has 1 aliphatic rings. The van der Waals surface area contributed by atoms with Crippen LogP contribution in [0.1, 0.15) is 18.2 Å². The number of benzene rings is 1. The molecule has 1 aromatic heterocycles. The van der Waals surface area contributed by atoms with Gasteiger partial charge in [0, 0.05) is 27.8 Å². The highest BCUT2D eigenvalue weighted by Gasteiger charge is 2.30. The van der Waals surface area contributed by atoms with Crippen LogP contribution in [0.2, 0.25) is 5.02 Å². The number of hydrogen-bond donors (Lipinski definition) is 1. The number of thioether (sulfide) groups is 1.